The van der Waals surface area contributed by atoms with Crippen LogP contribution >= 0.6 is 0 Å². The highest BCUT2D eigenvalue weighted by Crippen LogP contribution is 2.15. The summed E-state index contributed by atoms with van der Waals surface area (Å²) < 4.78 is 0. The van der Waals surface area contributed by atoms with Crippen LogP contribution in [-0.2, 0) is 0 Å². The maximum Gasteiger partial charge on any atom is -0.00931 e. The van der Waals surface area contributed by atoms with Crippen molar-refractivity contribution in [2.75, 3.05) is 0 Å². The molecule has 0 aliphatic heterocycles. The van der Waals surface area contributed by atoms with Gasteiger partial charge in [0.2, 0.25) is 0 Å². The lowest BCUT2D eigenvalue weighted by Crippen LogP contribution is -1.85. The van der Waals surface area contributed by atoms with Gasteiger partial charge >= 0.3 is 0 Å². The van der Waals surface area contributed by atoms with Crippen molar-refractivity contribution in [1.29, 1.82) is 0 Å². The molecule has 0 amide bonds. The SMILES string of the molecule is CCCCCCCCCCCCCCCCCCC[CH]c1ccccc1. The van der Waals surface area contributed by atoms with Crippen molar-refractivity contribution in [3.8, 4) is 0 Å². The molecule has 26 heavy (non-hydrogen) atoms. The topological polar surface area (TPSA) is 0 Å². The van der Waals surface area contributed by atoms with Crippen LogP contribution in [0, 0.1) is 6.42 Å². The van der Waals surface area contributed by atoms with Crippen molar-refractivity contribution in [2.24, 2.45) is 0 Å². The minimum atomic E-state index is 1.24. The van der Waals surface area contributed by atoms with Gasteiger partial charge in [0.15, 0.2) is 0 Å². The zero-order valence-corrected chi connectivity index (χ0v) is 17.7. The highest BCUT2D eigenvalue weighted by molar-refractivity contribution is 5.21. The molecule has 0 aromatic heterocycles. The van der Waals surface area contributed by atoms with Crippen molar-refractivity contribution in [2.45, 2.75) is 122 Å². The van der Waals surface area contributed by atoms with Crippen molar-refractivity contribution in [3.05, 3.63) is 42.3 Å². The molecule has 0 saturated heterocycles. The largest absolute Gasteiger partial charge is 0.0654 e. The summed E-state index contributed by atoms with van der Waals surface area (Å²) in [6, 6.07) is 10.7. The van der Waals surface area contributed by atoms with E-state index in [2.05, 4.69) is 43.7 Å². The quantitative estimate of drug-likeness (QED) is 0.216. The molecule has 0 spiro atoms. The van der Waals surface area contributed by atoms with E-state index >= 15 is 0 Å². The molecule has 0 unspecified atom stereocenters. The second-order valence-corrected chi connectivity index (χ2v) is 8.06. The molecule has 1 radical (unpaired) electrons. The van der Waals surface area contributed by atoms with Crippen LogP contribution in [-0.4, -0.2) is 0 Å². The molecule has 0 heterocycles. The van der Waals surface area contributed by atoms with E-state index in [-0.39, 0.29) is 0 Å². The van der Waals surface area contributed by atoms with Crippen LogP contribution in [0.15, 0.2) is 30.3 Å². The van der Waals surface area contributed by atoms with E-state index in [1.54, 1.807) is 0 Å². The molecular weight excluding hydrogens is 312 g/mol. The monoisotopic (exact) mass is 357 g/mol. The van der Waals surface area contributed by atoms with Crippen molar-refractivity contribution in [1.82, 2.24) is 0 Å². The van der Waals surface area contributed by atoms with Crippen LogP contribution in [0.5, 0.6) is 0 Å². The molecule has 0 aliphatic carbocycles. The van der Waals surface area contributed by atoms with Crippen LogP contribution in [0.4, 0.5) is 0 Å². The molecule has 1 aromatic carbocycles. The zero-order chi connectivity index (χ0) is 18.5. The van der Waals surface area contributed by atoms with Gasteiger partial charge in [-0.25, -0.2) is 0 Å². The average molecular weight is 358 g/mol. The molecule has 0 heteroatoms. The van der Waals surface area contributed by atoms with Gasteiger partial charge in [-0.05, 0) is 18.4 Å². The van der Waals surface area contributed by atoms with E-state index in [1.165, 1.54) is 121 Å². The Kier molecular flexibility index (Phi) is 17.0. The number of rotatable bonds is 19. The molecule has 0 fully saturated rings. The Hall–Kier alpha value is -0.780. The Bertz CT molecular complexity index is 367. The number of unbranched alkanes of at least 4 members (excludes halogenated alkanes) is 17. The van der Waals surface area contributed by atoms with Gasteiger partial charge in [-0.1, -0.05) is 146 Å². The summed E-state index contributed by atoms with van der Waals surface area (Å²) in [5.41, 5.74) is 1.38. The highest BCUT2D eigenvalue weighted by atomic mass is 14.0. The molecule has 0 atom stereocenters. The molecule has 0 saturated carbocycles. The fourth-order valence-corrected chi connectivity index (χ4v) is 3.73. The standard InChI is InChI=1S/C26H45/c1-2-3-4-5-6-7-8-9-10-11-12-13-14-15-16-17-18-20-23-26-24-21-19-22-25-26/h19,21-25H,2-18,20H2,1H3. The molecule has 1 rings (SSSR count). The molecule has 0 N–H and O–H groups in total. The van der Waals surface area contributed by atoms with Gasteiger partial charge in [-0.3, -0.25) is 0 Å². The number of benzene rings is 1. The second kappa shape index (κ2) is 19.0. The van der Waals surface area contributed by atoms with E-state index in [9.17, 15) is 0 Å². The fourth-order valence-electron chi connectivity index (χ4n) is 3.73. The lowest BCUT2D eigenvalue weighted by Gasteiger charge is -2.04. The van der Waals surface area contributed by atoms with Gasteiger partial charge in [-0.15, -0.1) is 0 Å². The molecule has 0 bridgehead atoms. The van der Waals surface area contributed by atoms with E-state index in [0.717, 1.165) is 0 Å². The third-order valence-electron chi connectivity index (χ3n) is 5.49. The Morgan fingerprint density at radius 2 is 0.885 bits per heavy atom. The van der Waals surface area contributed by atoms with Gasteiger partial charge in [0.25, 0.3) is 0 Å². The zero-order valence-electron chi connectivity index (χ0n) is 17.7. The molecule has 0 aliphatic rings. The van der Waals surface area contributed by atoms with Crippen LogP contribution in [0.1, 0.15) is 128 Å². The van der Waals surface area contributed by atoms with Gasteiger partial charge in [0.05, 0.1) is 0 Å². The first kappa shape index (κ1) is 23.3. The van der Waals surface area contributed by atoms with Gasteiger partial charge in [0.1, 0.15) is 0 Å². The summed E-state index contributed by atoms with van der Waals surface area (Å²) in [5, 5.41) is 0. The Morgan fingerprint density at radius 1 is 0.500 bits per heavy atom. The fraction of sp³-hybridized carbons (Fsp3) is 0.731. The van der Waals surface area contributed by atoms with Crippen molar-refractivity contribution < 1.29 is 0 Å². The number of hydrogen-bond donors (Lipinski definition) is 0. The Balaban J connectivity index is 1.68. The molecule has 149 valence electrons. The maximum atomic E-state index is 2.38. The predicted octanol–water partition coefficient (Wildman–Crippen LogP) is 9.28. The Morgan fingerprint density at radius 3 is 1.31 bits per heavy atom. The van der Waals surface area contributed by atoms with Gasteiger partial charge in [0, 0.05) is 0 Å². The minimum absolute atomic E-state index is 1.24. The summed E-state index contributed by atoms with van der Waals surface area (Å²) >= 11 is 0. The van der Waals surface area contributed by atoms with Crippen molar-refractivity contribution >= 4 is 0 Å². The van der Waals surface area contributed by atoms with E-state index in [1.807, 2.05) is 0 Å². The maximum absolute atomic E-state index is 2.38. The highest BCUT2D eigenvalue weighted by Gasteiger charge is 1.96. The number of hydrogen-bond acceptors (Lipinski definition) is 0. The van der Waals surface area contributed by atoms with Gasteiger partial charge < -0.3 is 0 Å². The lowest BCUT2D eigenvalue weighted by atomic mass is 10.0. The van der Waals surface area contributed by atoms with Crippen LogP contribution in [0.3, 0.4) is 0 Å². The van der Waals surface area contributed by atoms with E-state index < -0.39 is 0 Å². The third-order valence-corrected chi connectivity index (χ3v) is 5.49. The Labute approximate surface area is 165 Å². The first-order valence-corrected chi connectivity index (χ1v) is 11.8. The summed E-state index contributed by atoms with van der Waals surface area (Å²) in [6.07, 6.45) is 28.2. The summed E-state index contributed by atoms with van der Waals surface area (Å²) in [7, 11) is 0. The minimum Gasteiger partial charge on any atom is -0.0654 e. The van der Waals surface area contributed by atoms with Crippen molar-refractivity contribution in [3.63, 3.8) is 0 Å². The smallest absolute Gasteiger partial charge is 0.00931 e. The predicted molar refractivity (Wildman–Crippen MR) is 119 cm³/mol. The van der Waals surface area contributed by atoms with Crippen LogP contribution in [0.2, 0.25) is 0 Å². The summed E-state index contributed by atoms with van der Waals surface area (Å²) in [4.78, 5) is 0. The van der Waals surface area contributed by atoms with Crippen LogP contribution < -0.4 is 0 Å². The first-order valence-electron chi connectivity index (χ1n) is 11.8. The molecule has 0 nitrogen and oxygen atoms in total. The second-order valence-electron chi connectivity index (χ2n) is 8.06. The molecule has 1 aromatic rings. The van der Waals surface area contributed by atoms with Crippen LogP contribution in [0.25, 0.3) is 0 Å². The van der Waals surface area contributed by atoms with E-state index in [4.69, 9.17) is 0 Å². The average Bonchev–Trinajstić information content (AvgIpc) is 2.68. The van der Waals surface area contributed by atoms with Gasteiger partial charge in [-0.2, -0.15) is 0 Å². The molecular formula is C26H45. The third kappa shape index (κ3) is 15.5. The normalized spacial score (nSPS) is 11.1. The summed E-state index contributed by atoms with van der Waals surface area (Å²) in [6.45, 7) is 2.30. The summed E-state index contributed by atoms with van der Waals surface area (Å²) in [5.74, 6) is 0. The van der Waals surface area contributed by atoms with E-state index in [0.29, 0.717) is 0 Å². The lowest BCUT2D eigenvalue weighted by molar-refractivity contribution is 0.527. The first-order chi connectivity index (χ1) is 12.9.